The Hall–Kier alpha value is -2.08. The fourth-order valence-corrected chi connectivity index (χ4v) is 2.47. The van der Waals surface area contributed by atoms with Crippen LogP contribution in [0.3, 0.4) is 0 Å². The summed E-state index contributed by atoms with van der Waals surface area (Å²) in [5.74, 6) is 0.885. The Kier molecular flexibility index (Phi) is 5.98. The second-order valence-electron chi connectivity index (χ2n) is 5.00. The molecule has 0 saturated heterocycles. The van der Waals surface area contributed by atoms with Crippen molar-refractivity contribution in [3.05, 3.63) is 40.3 Å². The minimum absolute atomic E-state index is 0.135. The lowest BCUT2D eigenvalue weighted by atomic mass is 10.2. The van der Waals surface area contributed by atoms with Crippen molar-refractivity contribution in [3.8, 4) is 0 Å². The third-order valence-corrected chi connectivity index (χ3v) is 3.64. The SMILES string of the molecule is CCCCc1nc(Cl)c(C=O)n1Cc1ccc(C(=O)OCC)o1. The largest absolute Gasteiger partial charge is 0.460 e. The molecule has 0 N–H and O–H groups in total. The highest BCUT2D eigenvalue weighted by molar-refractivity contribution is 6.31. The number of ether oxygens (including phenoxy) is 1. The lowest BCUT2D eigenvalue weighted by Crippen LogP contribution is -2.08. The Balaban J connectivity index is 2.25. The molecule has 0 bridgehead atoms. The normalized spacial score (nSPS) is 10.7. The number of carbonyl (C=O) groups is 2. The molecule has 0 spiro atoms. The molecule has 7 heteroatoms. The summed E-state index contributed by atoms with van der Waals surface area (Å²) in [6, 6.07) is 3.23. The van der Waals surface area contributed by atoms with Gasteiger partial charge in [-0.15, -0.1) is 0 Å². The zero-order chi connectivity index (χ0) is 16.8. The molecular formula is C16H19ClN2O4. The third kappa shape index (κ3) is 4.01. The van der Waals surface area contributed by atoms with Gasteiger partial charge in [0.1, 0.15) is 17.3 Å². The molecule has 0 unspecified atom stereocenters. The van der Waals surface area contributed by atoms with Crippen LogP contribution in [0.25, 0.3) is 0 Å². The summed E-state index contributed by atoms with van der Waals surface area (Å²) in [4.78, 5) is 27.2. The fraction of sp³-hybridized carbons (Fsp3) is 0.438. The Morgan fingerprint density at radius 3 is 2.87 bits per heavy atom. The molecule has 0 aliphatic rings. The van der Waals surface area contributed by atoms with Crippen molar-refractivity contribution in [2.75, 3.05) is 6.61 Å². The van der Waals surface area contributed by atoms with E-state index >= 15 is 0 Å². The maximum atomic E-state index is 11.6. The van der Waals surface area contributed by atoms with Crippen LogP contribution >= 0.6 is 11.6 Å². The standard InChI is InChI=1S/C16H19ClN2O4/c1-3-5-6-14-18-15(17)12(10-20)19(14)9-11-7-8-13(23-11)16(21)22-4-2/h7-8,10H,3-6,9H2,1-2H3. The van der Waals surface area contributed by atoms with Gasteiger partial charge >= 0.3 is 5.97 Å². The highest BCUT2D eigenvalue weighted by Gasteiger charge is 2.18. The van der Waals surface area contributed by atoms with Crippen LogP contribution in [-0.2, 0) is 17.7 Å². The summed E-state index contributed by atoms with van der Waals surface area (Å²) in [7, 11) is 0. The summed E-state index contributed by atoms with van der Waals surface area (Å²) in [6.07, 6.45) is 3.35. The molecule has 0 amide bonds. The highest BCUT2D eigenvalue weighted by atomic mass is 35.5. The second kappa shape index (κ2) is 7.97. The molecule has 2 aromatic rings. The molecule has 23 heavy (non-hydrogen) atoms. The van der Waals surface area contributed by atoms with Gasteiger partial charge < -0.3 is 13.7 Å². The van der Waals surface area contributed by atoms with Crippen LogP contribution in [0.1, 0.15) is 59.3 Å². The van der Waals surface area contributed by atoms with Crippen LogP contribution in [-0.4, -0.2) is 28.4 Å². The first kappa shape index (κ1) is 17.3. The number of rotatable bonds is 8. The van der Waals surface area contributed by atoms with Gasteiger partial charge in [-0.3, -0.25) is 4.79 Å². The van der Waals surface area contributed by atoms with Gasteiger partial charge in [-0.1, -0.05) is 24.9 Å². The van der Waals surface area contributed by atoms with E-state index < -0.39 is 5.97 Å². The molecule has 0 aliphatic carbocycles. The predicted octanol–water partition coefficient (Wildman–Crippen LogP) is 3.51. The molecule has 0 fully saturated rings. The zero-order valence-electron chi connectivity index (χ0n) is 13.2. The number of nitrogens with zero attached hydrogens (tertiary/aromatic N) is 2. The number of aromatic nitrogens is 2. The molecule has 0 aliphatic heterocycles. The average Bonchev–Trinajstić information content (AvgIpc) is 3.11. The molecular weight excluding hydrogens is 320 g/mol. The maximum absolute atomic E-state index is 11.6. The van der Waals surface area contributed by atoms with E-state index in [0.29, 0.717) is 17.7 Å². The molecule has 2 aromatic heterocycles. The van der Waals surface area contributed by atoms with Crippen molar-refractivity contribution >= 4 is 23.9 Å². The number of aryl methyl sites for hydroxylation is 1. The molecule has 2 heterocycles. The van der Waals surface area contributed by atoms with Crippen molar-refractivity contribution in [1.82, 2.24) is 9.55 Å². The molecule has 0 saturated carbocycles. The van der Waals surface area contributed by atoms with Gasteiger partial charge in [0.05, 0.1) is 13.2 Å². The maximum Gasteiger partial charge on any atom is 0.374 e. The van der Waals surface area contributed by atoms with Crippen molar-refractivity contribution in [2.45, 2.75) is 39.7 Å². The van der Waals surface area contributed by atoms with Gasteiger partial charge in [0.15, 0.2) is 11.4 Å². The molecule has 6 nitrogen and oxygen atoms in total. The Morgan fingerprint density at radius 2 is 2.22 bits per heavy atom. The van der Waals surface area contributed by atoms with Crippen molar-refractivity contribution in [1.29, 1.82) is 0 Å². The van der Waals surface area contributed by atoms with Gasteiger partial charge in [-0.2, -0.15) is 0 Å². The van der Waals surface area contributed by atoms with Crippen molar-refractivity contribution in [2.24, 2.45) is 0 Å². The predicted molar refractivity (Wildman–Crippen MR) is 85.0 cm³/mol. The Morgan fingerprint density at radius 1 is 1.43 bits per heavy atom. The Labute approximate surface area is 139 Å². The smallest absolute Gasteiger partial charge is 0.374 e. The average molecular weight is 339 g/mol. The summed E-state index contributed by atoms with van der Waals surface area (Å²) < 4.78 is 12.1. The van der Waals surface area contributed by atoms with E-state index in [1.807, 2.05) is 0 Å². The van der Waals surface area contributed by atoms with E-state index in [9.17, 15) is 9.59 Å². The third-order valence-electron chi connectivity index (χ3n) is 3.36. The van der Waals surface area contributed by atoms with Crippen LogP contribution in [0.4, 0.5) is 0 Å². The van der Waals surface area contributed by atoms with Crippen LogP contribution in [0, 0.1) is 0 Å². The highest BCUT2D eigenvalue weighted by Crippen LogP contribution is 2.20. The summed E-state index contributed by atoms with van der Waals surface area (Å²) in [5, 5.41) is 0.184. The lowest BCUT2D eigenvalue weighted by molar-refractivity contribution is 0.0487. The minimum Gasteiger partial charge on any atom is -0.460 e. The van der Waals surface area contributed by atoms with Crippen LogP contribution in [0.2, 0.25) is 5.15 Å². The monoisotopic (exact) mass is 338 g/mol. The van der Waals surface area contributed by atoms with Gasteiger partial charge in [0.2, 0.25) is 5.76 Å². The number of furan rings is 1. The summed E-state index contributed by atoms with van der Waals surface area (Å²) >= 11 is 6.02. The number of hydrogen-bond acceptors (Lipinski definition) is 5. The summed E-state index contributed by atoms with van der Waals surface area (Å²) in [6.45, 7) is 4.37. The number of imidazole rings is 1. The van der Waals surface area contributed by atoms with Crippen LogP contribution in [0.15, 0.2) is 16.5 Å². The van der Waals surface area contributed by atoms with E-state index in [1.165, 1.54) is 0 Å². The van der Waals surface area contributed by atoms with E-state index in [0.717, 1.165) is 25.1 Å². The zero-order valence-corrected chi connectivity index (χ0v) is 13.9. The number of aldehydes is 1. The summed E-state index contributed by atoms with van der Waals surface area (Å²) in [5.41, 5.74) is 0.312. The molecule has 0 aromatic carbocycles. The Bertz CT molecular complexity index is 690. The topological polar surface area (TPSA) is 74.3 Å². The first-order chi connectivity index (χ1) is 11.1. The van der Waals surface area contributed by atoms with Crippen molar-refractivity contribution < 1.29 is 18.7 Å². The lowest BCUT2D eigenvalue weighted by Gasteiger charge is -2.07. The van der Waals surface area contributed by atoms with Gasteiger partial charge in [-0.25, -0.2) is 9.78 Å². The van der Waals surface area contributed by atoms with Gasteiger partial charge in [0, 0.05) is 6.42 Å². The minimum atomic E-state index is -0.510. The number of esters is 1. The molecule has 0 atom stereocenters. The van der Waals surface area contributed by atoms with Crippen molar-refractivity contribution in [3.63, 3.8) is 0 Å². The molecule has 0 radical (unpaired) electrons. The van der Waals surface area contributed by atoms with E-state index in [2.05, 4.69) is 11.9 Å². The number of halogens is 1. The number of carbonyl (C=O) groups excluding carboxylic acids is 2. The first-order valence-corrected chi connectivity index (χ1v) is 7.94. The number of hydrogen-bond donors (Lipinski definition) is 0. The molecule has 2 rings (SSSR count). The van der Waals surface area contributed by atoms with E-state index in [4.69, 9.17) is 20.8 Å². The van der Waals surface area contributed by atoms with Gasteiger partial charge in [0.25, 0.3) is 0 Å². The van der Waals surface area contributed by atoms with Crippen LogP contribution < -0.4 is 0 Å². The van der Waals surface area contributed by atoms with Gasteiger partial charge in [-0.05, 0) is 25.5 Å². The quantitative estimate of drug-likeness (QED) is 0.544. The fourth-order valence-electron chi connectivity index (χ4n) is 2.23. The second-order valence-corrected chi connectivity index (χ2v) is 5.36. The van der Waals surface area contributed by atoms with Crippen LogP contribution in [0.5, 0.6) is 0 Å². The van der Waals surface area contributed by atoms with E-state index in [-0.39, 0.29) is 24.1 Å². The van der Waals surface area contributed by atoms with E-state index in [1.54, 1.807) is 23.6 Å². The first-order valence-electron chi connectivity index (χ1n) is 7.56. The number of unbranched alkanes of at least 4 members (excludes halogenated alkanes) is 1. The molecule has 124 valence electrons.